The molecule has 0 aliphatic carbocycles. The molecule has 0 unspecified atom stereocenters. The van der Waals surface area contributed by atoms with Crippen LogP contribution in [0.5, 0.6) is 0 Å². The van der Waals surface area contributed by atoms with Gasteiger partial charge < -0.3 is 10.3 Å². The van der Waals surface area contributed by atoms with Gasteiger partial charge in [-0.3, -0.25) is 9.71 Å². The Morgan fingerprint density at radius 2 is 2.15 bits per heavy atom. The second-order valence-electron chi connectivity index (χ2n) is 4.43. The maximum absolute atomic E-state index is 12.2. The van der Waals surface area contributed by atoms with Crippen molar-refractivity contribution in [3.63, 3.8) is 0 Å². The lowest BCUT2D eigenvalue weighted by molar-refractivity contribution is 0.601. The van der Waals surface area contributed by atoms with Crippen LogP contribution in [0.2, 0.25) is 0 Å². The quantitative estimate of drug-likeness (QED) is 0.755. The van der Waals surface area contributed by atoms with Gasteiger partial charge in [0.1, 0.15) is 4.90 Å². The second-order valence-corrected chi connectivity index (χ2v) is 6.12. The predicted octanol–water partition coefficient (Wildman–Crippen LogP) is 1.63. The first-order valence-electron chi connectivity index (χ1n) is 6.35. The average molecular weight is 294 g/mol. The fraction of sp³-hybridized carbons (Fsp3) is 0.308. The highest BCUT2D eigenvalue weighted by atomic mass is 32.2. The molecule has 0 aromatic carbocycles. The molecule has 3 N–H and O–H groups in total. The normalized spacial score (nSPS) is 11.5. The lowest BCUT2D eigenvalue weighted by Gasteiger charge is -2.05. The Hall–Kier alpha value is -1.86. The van der Waals surface area contributed by atoms with Crippen LogP contribution in [0.4, 0.5) is 5.69 Å². The van der Waals surface area contributed by atoms with E-state index in [9.17, 15) is 8.42 Å². The molecule has 2 heterocycles. The first-order chi connectivity index (χ1) is 9.51. The van der Waals surface area contributed by atoms with Crippen LogP contribution >= 0.6 is 0 Å². The molecule has 0 aliphatic heterocycles. The van der Waals surface area contributed by atoms with Crippen molar-refractivity contribution in [3.8, 4) is 0 Å². The zero-order valence-electron chi connectivity index (χ0n) is 11.5. The molecule has 2 rings (SSSR count). The summed E-state index contributed by atoms with van der Waals surface area (Å²) >= 11 is 0. The number of rotatable bonds is 6. The third-order valence-electron chi connectivity index (χ3n) is 2.76. The summed E-state index contributed by atoms with van der Waals surface area (Å²) in [6.45, 7) is 5.27. The number of anilines is 1. The highest BCUT2D eigenvalue weighted by Crippen LogP contribution is 2.16. The van der Waals surface area contributed by atoms with Gasteiger partial charge in [0, 0.05) is 24.1 Å². The Morgan fingerprint density at radius 1 is 1.35 bits per heavy atom. The summed E-state index contributed by atoms with van der Waals surface area (Å²) in [5.74, 6) is 0. The molecule has 0 amide bonds. The molecule has 0 atom stereocenters. The van der Waals surface area contributed by atoms with E-state index in [2.05, 4.69) is 20.0 Å². The highest BCUT2D eigenvalue weighted by Gasteiger charge is 2.16. The zero-order valence-corrected chi connectivity index (χ0v) is 12.3. The number of H-pyrrole nitrogens is 1. The van der Waals surface area contributed by atoms with Crippen LogP contribution in [0.15, 0.2) is 35.5 Å². The summed E-state index contributed by atoms with van der Waals surface area (Å²) in [5, 5.41) is 3.13. The monoisotopic (exact) mass is 294 g/mol. The van der Waals surface area contributed by atoms with Crippen LogP contribution in [-0.4, -0.2) is 24.9 Å². The van der Waals surface area contributed by atoms with Gasteiger partial charge in [-0.25, -0.2) is 8.42 Å². The highest BCUT2D eigenvalue weighted by molar-refractivity contribution is 7.92. The van der Waals surface area contributed by atoms with Crippen LogP contribution in [-0.2, 0) is 16.6 Å². The standard InChI is InChI=1S/C13H18N4O2S/c1-3-14-7-12-6-13(9-16-12)20(18,19)17-11-5-4-10(2)15-8-11/h4-6,8-9,14,16-17H,3,7H2,1-2H3. The van der Waals surface area contributed by atoms with E-state index in [1.807, 2.05) is 13.8 Å². The molecule has 108 valence electrons. The van der Waals surface area contributed by atoms with Gasteiger partial charge in [-0.2, -0.15) is 0 Å². The van der Waals surface area contributed by atoms with Crippen molar-refractivity contribution in [1.29, 1.82) is 0 Å². The largest absolute Gasteiger partial charge is 0.363 e. The molecule has 0 radical (unpaired) electrons. The lowest BCUT2D eigenvalue weighted by Crippen LogP contribution is -2.13. The number of aromatic nitrogens is 2. The third-order valence-corrected chi connectivity index (χ3v) is 4.12. The van der Waals surface area contributed by atoms with Crippen LogP contribution in [0.25, 0.3) is 0 Å². The fourth-order valence-electron chi connectivity index (χ4n) is 1.68. The minimum atomic E-state index is -3.58. The van der Waals surface area contributed by atoms with E-state index >= 15 is 0 Å². The number of aromatic amines is 1. The molecule has 0 spiro atoms. The zero-order chi connectivity index (χ0) is 14.6. The van der Waals surface area contributed by atoms with E-state index in [4.69, 9.17) is 0 Å². The summed E-state index contributed by atoms with van der Waals surface area (Å²) < 4.78 is 26.9. The van der Waals surface area contributed by atoms with Gasteiger partial charge in [-0.05, 0) is 31.7 Å². The number of nitrogens with one attached hydrogen (secondary N) is 3. The number of hydrogen-bond acceptors (Lipinski definition) is 4. The molecule has 0 fully saturated rings. The molecular weight excluding hydrogens is 276 g/mol. The van der Waals surface area contributed by atoms with Crippen LogP contribution < -0.4 is 10.0 Å². The van der Waals surface area contributed by atoms with E-state index < -0.39 is 10.0 Å². The Kier molecular flexibility index (Phi) is 4.41. The summed E-state index contributed by atoms with van der Waals surface area (Å²) in [7, 11) is -3.58. The summed E-state index contributed by atoms with van der Waals surface area (Å²) in [4.78, 5) is 7.22. The molecule has 0 saturated heterocycles. The molecule has 6 nitrogen and oxygen atoms in total. The molecule has 0 bridgehead atoms. The molecule has 0 aliphatic rings. The number of nitrogens with zero attached hydrogens (tertiary/aromatic N) is 1. The number of pyridine rings is 1. The van der Waals surface area contributed by atoms with Gasteiger partial charge >= 0.3 is 0 Å². The van der Waals surface area contributed by atoms with Gasteiger partial charge in [-0.15, -0.1) is 0 Å². The first-order valence-corrected chi connectivity index (χ1v) is 7.83. The topological polar surface area (TPSA) is 86.9 Å². The molecular formula is C13H18N4O2S. The van der Waals surface area contributed by atoms with E-state index in [-0.39, 0.29) is 4.90 Å². The molecule has 20 heavy (non-hydrogen) atoms. The van der Waals surface area contributed by atoms with Gasteiger partial charge in [-0.1, -0.05) is 6.92 Å². The van der Waals surface area contributed by atoms with E-state index in [1.54, 1.807) is 18.2 Å². The first kappa shape index (κ1) is 14.5. The second kappa shape index (κ2) is 6.06. The summed E-state index contributed by atoms with van der Waals surface area (Å²) in [6, 6.07) is 5.06. The SMILES string of the molecule is CCNCc1cc(S(=O)(=O)Nc2ccc(C)nc2)c[nH]1. The van der Waals surface area contributed by atoms with Crippen molar-refractivity contribution in [1.82, 2.24) is 15.3 Å². The van der Waals surface area contributed by atoms with Crippen LogP contribution in [0, 0.1) is 6.92 Å². The van der Waals surface area contributed by atoms with E-state index in [1.165, 1.54) is 12.4 Å². The third kappa shape index (κ3) is 3.58. The fourth-order valence-corrected chi connectivity index (χ4v) is 2.74. The maximum Gasteiger partial charge on any atom is 0.263 e. The number of hydrogen-bond donors (Lipinski definition) is 3. The van der Waals surface area contributed by atoms with Gasteiger partial charge in [0.15, 0.2) is 0 Å². The Morgan fingerprint density at radius 3 is 2.80 bits per heavy atom. The van der Waals surface area contributed by atoms with Crippen molar-refractivity contribution in [2.24, 2.45) is 0 Å². The number of sulfonamides is 1. The van der Waals surface area contributed by atoms with E-state index in [0.29, 0.717) is 12.2 Å². The minimum absolute atomic E-state index is 0.214. The molecule has 7 heteroatoms. The summed E-state index contributed by atoms with van der Waals surface area (Å²) in [6.07, 6.45) is 2.98. The Bertz CT molecular complexity index is 662. The van der Waals surface area contributed by atoms with Gasteiger partial charge in [0.2, 0.25) is 0 Å². The Labute approximate surface area is 118 Å². The Balaban J connectivity index is 2.13. The molecule has 0 saturated carbocycles. The smallest absolute Gasteiger partial charge is 0.263 e. The molecule has 2 aromatic rings. The van der Waals surface area contributed by atoms with E-state index in [0.717, 1.165) is 17.9 Å². The minimum Gasteiger partial charge on any atom is -0.363 e. The van der Waals surface area contributed by atoms with Crippen molar-refractivity contribution in [2.45, 2.75) is 25.3 Å². The average Bonchev–Trinajstić information content (AvgIpc) is 2.88. The van der Waals surface area contributed by atoms with Crippen molar-refractivity contribution >= 4 is 15.7 Å². The summed E-state index contributed by atoms with van der Waals surface area (Å²) in [5.41, 5.74) is 2.11. The van der Waals surface area contributed by atoms with Crippen molar-refractivity contribution in [2.75, 3.05) is 11.3 Å². The van der Waals surface area contributed by atoms with Crippen LogP contribution in [0.1, 0.15) is 18.3 Å². The van der Waals surface area contributed by atoms with Gasteiger partial charge in [0.05, 0.1) is 11.9 Å². The van der Waals surface area contributed by atoms with Crippen LogP contribution in [0.3, 0.4) is 0 Å². The van der Waals surface area contributed by atoms with Crippen molar-refractivity contribution in [3.05, 3.63) is 42.0 Å². The predicted molar refractivity (Wildman–Crippen MR) is 78.0 cm³/mol. The lowest BCUT2D eigenvalue weighted by atomic mass is 10.4. The maximum atomic E-state index is 12.2. The number of aryl methyl sites for hydroxylation is 1. The van der Waals surface area contributed by atoms with Crippen molar-refractivity contribution < 1.29 is 8.42 Å². The van der Waals surface area contributed by atoms with Gasteiger partial charge in [0.25, 0.3) is 10.0 Å². The molecule has 2 aromatic heterocycles.